The molecule has 2 nitrogen and oxygen atoms in total. The van der Waals surface area contributed by atoms with Gasteiger partial charge >= 0.3 is 0 Å². The molecule has 1 rings (SSSR count). The molecule has 0 saturated heterocycles. The van der Waals surface area contributed by atoms with Crippen LogP contribution in [0.15, 0.2) is 24.3 Å². The summed E-state index contributed by atoms with van der Waals surface area (Å²) < 4.78 is 13.0. The summed E-state index contributed by atoms with van der Waals surface area (Å²) in [6.07, 6.45) is 3.41. The van der Waals surface area contributed by atoms with E-state index >= 15 is 0 Å². The Balaban J connectivity index is 2.69. The highest BCUT2D eigenvalue weighted by molar-refractivity contribution is 5.19. The zero-order valence-corrected chi connectivity index (χ0v) is 14.2. The second-order valence-corrected chi connectivity index (χ2v) is 6.03. The van der Waals surface area contributed by atoms with Gasteiger partial charge < -0.3 is 10.2 Å². The van der Waals surface area contributed by atoms with Crippen LogP contribution < -0.4 is 5.32 Å². The van der Waals surface area contributed by atoms with E-state index in [2.05, 4.69) is 45.1 Å². The lowest BCUT2D eigenvalue weighted by Crippen LogP contribution is -2.43. The molecule has 1 aromatic carbocycles. The van der Waals surface area contributed by atoms with E-state index in [1.54, 1.807) is 12.1 Å². The number of rotatable bonds is 9. The maximum absolute atomic E-state index is 13.0. The molecule has 0 aliphatic carbocycles. The fourth-order valence-corrected chi connectivity index (χ4v) is 3.06. The van der Waals surface area contributed by atoms with Gasteiger partial charge in [0.1, 0.15) is 5.82 Å². The van der Waals surface area contributed by atoms with Crippen molar-refractivity contribution in [3.05, 3.63) is 35.6 Å². The first-order chi connectivity index (χ1) is 10.0. The van der Waals surface area contributed by atoms with Gasteiger partial charge in [-0.15, -0.1) is 0 Å². The minimum atomic E-state index is -0.170. The lowest BCUT2D eigenvalue weighted by atomic mass is 9.92. The molecular formula is C18H31FN2. The first kappa shape index (κ1) is 18.1. The van der Waals surface area contributed by atoms with E-state index < -0.39 is 0 Å². The summed E-state index contributed by atoms with van der Waals surface area (Å²) >= 11 is 0. The van der Waals surface area contributed by atoms with E-state index in [1.165, 1.54) is 18.4 Å². The van der Waals surface area contributed by atoms with Gasteiger partial charge in [0, 0.05) is 18.6 Å². The van der Waals surface area contributed by atoms with Crippen molar-refractivity contribution in [3.8, 4) is 0 Å². The third kappa shape index (κ3) is 5.40. The molecule has 1 aromatic rings. The van der Waals surface area contributed by atoms with E-state index in [-0.39, 0.29) is 5.82 Å². The Bertz CT molecular complexity index is 385. The topological polar surface area (TPSA) is 15.3 Å². The van der Waals surface area contributed by atoms with E-state index in [0.29, 0.717) is 18.0 Å². The summed E-state index contributed by atoms with van der Waals surface area (Å²) in [5.74, 6) is 0.537. The van der Waals surface area contributed by atoms with Crippen LogP contribution in [-0.4, -0.2) is 31.6 Å². The average molecular weight is 294 g/mol. The molecule has 0 amide bonds. The number of hydrogen-bond donors (Lipinski definition) is 1. The molecule has 0 radical (unpaired) electrons. The number of likely N-dealkylation sites (N-methyl/N-ethyl adjacent to an activating group) is 1. The molecule has 0 aromatic heterocycles. The van der Waals surface area contributed by atoms with Crippen molar-refractivity contribution in [2.24, 2.45) is 5.92 Å². The van der Waals surface area contributed by atoms with Gasteiger partial charge in [0.25, 0.3) is 0 Å². The summed E-state index contributed by atoms with van der Waals surface area (Å²) in [6.45, 7) is 7.67. The molecule has 0 spiro atoms. The van der Waals surface area contributed by atoms with Crippen LogP contribution in [-0.2, 0) is 0 Å². The molecule has 1 N–H and O–H groups in total. The van der Waals surface area contributed by atoms with Crippen molar-refractivity contribution >= 4 is 0 Å². The van der Waals surface area contributed by atoms with Gasteiger partial charge in [0.15, 0.2) is 0 Å². The van der Waals surface area contributed by atoms with Crippen LogP contribution in [0.1, 0.15) is 51.6 Å². The van der Waals surface area contributed by atoms with Crippen molar-refractivity contribution in [1.82, 2.24) is 10.2 Å². The van der Waals surface area contributed by atoms with Crippen molar-refractivity contribution < 1.29 is 4.39 Å². The number of nitrogens with zero attached hydrogens (tertiary/aromatic N) is 1. The molecule has 0 bridgehead atoms. The smallest absolute Gasteiger partial charge is 0.123 e. The largest absolute Gasteiger partial charge is 0.308 e. The molecule has 2 atom stereocenters. The van der Waals surface area contributed by atoms with Gasteiger partial charge in [-0.3, -0.25) is 0 Å². The molecule has 2 unspecified atom stereocenters. The summed E-state index contributed by atoms with van der Waals surface area (Å²) in [5.41, 5.74) is 1.17. The van der Waals surface area contributed by atoms with Crippen molar-refractivity contribution in [1.29, 1.82) is 0 Å². The third-order valence-electron chi connectivity index (χ3n) is 4.51. The van der Waals surface area contributed by atoms with E-state index in [4.69, 9.17) is 0 Å². The Morgan fingerprint density at radius 1 is 1.00 bits per heavy atom. The Labute approximate surface area is 129 Å². The first-order valence-corrected chi connectivity index (χ1v) is 8.18. The number of halogens is 1. The van der Waals surface area contributed by atoms with E-state index in [9.17, 15) is 4.39 Å². The van der Waals surface area contributed by atoms with Gasteiger partial charge in [0.2, 0.25) is 0 Å². The highest BCUT2D eigenvalue weighted by atomic mass is 19.1. The molecule has 120 valence electrons. The Hall–Kier alpha value is -0.930. The fraction of sp³-hybridized carbons (Fsp3) is 0.667. The Morgan fingerprint density at radius 3 is 2.00 bits per heavy atom. The SMILES string of the molecule is CCC(NCC(C(CC)CC)N(C)C)c1ccc(F)cc1. The highest BCUT2D eigenvalue weighted by Crippen LogP contribution is 2.20. The van der Waals surface area contributed by atoms with Crippen molar-refractivity contribution in [3.63, 3.8) is 0 Å². The normalized spacial score (nSPS) is 14.7. The van der Waals surface area contributed by atoms with Crippen LogP contribution in [0.3, 0.4) is 0 Å². The van der Waals surface area contributed by atoms with Crippen LogP contribution in [0.25, 0.3) is 0 Å². The zero-order valence-electron chi connectivity index (χ0n) is 14.2. The molecular weight excluding hydrogens is 263 g/mol. The van der Waals surface area contributed by atoms with Crippen LogP contribution in [0.2, 0.25) is 0 Å². The third-order valence-corrected chi connectivity index (χ3v) is 4.51. The Morgan fingerprint density at radius 2 is 1.57 bits per heavy atom. The van der Waals surface area contributed by atoms with Crippen LogP contribution in [0, 0.1) is 11.7 Å². The van der Waals surface area contributed by atoms with Crippen molar-refractivity contribution in [2.75, 3.05) is 20.6 Å². The summed E-state index contributed by atoms with van der Waals surface area (Å²) in [4.78, 5) is 2.32. The minimum absolute atomic E-state index is 0.170. The molecule has 0 aliphatic rings. The number of benzene rings is 1. The lowest BCUT2D eigenvalue weighted by molar-refractivity contribution is 0.189. The molecule has 0 fully saturated rings. The van der Waals surface area contributed by atoms with Gasteiger partial charge in [-0.25, -0.2) is 4.39 Å². The van der Waals surface area contributed by atoms with E-state index in [0.717, 1.165) is 13.0 Å². The Kier molecular flexibility index (Phi) is 7.91. The predicted molar refractivity (Wildman–Crippen MR) is 89.0 cm³/mol. The highest BCUT2D eigenvalue weighted by Gasteiger charge is 2.21. The second kappa shape index (κ2) is 9.16. The van der Waals surface area contributed by atoms with Gasteiger partial charge in [-0.2, -0.15) is 0 Å². The van der Waals surface area contributed by atoms with Crippen LogP contribution in [0.4, 0.5) is 4.39 Å². The summed E-state index contributed by atoms with van der Waals surface area (Å²) in [6, 6.07) is 7.70. The molecule has 21 heavy (non-hydrogen) atoms. The number of hydrogen-bond acceptors (Lipinski definition) is 2. The van der Waals surface area contributed by atoms with Crippen LogP contribution >= 0.6 is 0 Å². The van der Waals surface area contributed by atoms with Gasteiger partial charge in [-0.05, 0) is 44.1 Å². The van der Waals surface area contributed by atoms with Gasteiger partial charge in [0.05, 0.1) is 0 Å². The summed E-state index contributed by atoms with van der Waals surface area (Å²) in [5, 5.41) is 3.67. The standard InChI is InChI=1S/C18H31FN2/c1-6-14(7-2)18(21(4)5)13-20-17(8-3)15-9-11-16(19)12-10-15/h9-12,14,17-18,20H,6-8,13H2,1-5H3. The molecule has 0 heterocycles. The van der Waals surface area contributed by atoms with Crippen LogP contribution in [0.5, 0.6) is 0 Å². The monoisotopic (exact) mass is 294 g/mol. The maximum Gasteiger partial charge on any atom is 0.123 e. The zero-order chi connectivity index (χ0) is 15.8. The molecule has 0 saturated carbocycles. The summed E-state index contributed by atoms with van der Waals surface area (Å²) in [7, 11) is 4.31. The fourth-order valence-electron chi connectivity index (χ4n) is 3.06. The quantitative estimate of drug-likeness (QED) is 0.733. The maximum atomic E-state index is 13.0. The van der Waals surface area contributed by atoms with E-state index in [1.807, 2.05) is 12.1 Å². The predicted octanol–water partition coefficient (Wildman–Crippen LogP) is 4.23. The van der Waals surface area contributed by atoms with Gasteiger partial charge in [-0.1, -0.05) is 45.7 Å². The number of nitrogens with one attached hydrogen (secondary N) is 1. The average Bonchev–Trinajstić information content (AvgIpc) is 2.48. The second-order valence-electron chi connectivity index (χ2n) is 6.03. The molecule has 3 heteroatoms. The molecule has 0 aliphatic heterocycles. The lowest BCUT2D eigenvalue weighted by Gasteiger charge is -2.33. The first-order valence-electron chi connectivity index (χ1n) is 8.18. The minimum Gasteiger partial charge on any atom is -0.308 e. The van der Waals surface area contributed by atoms with Crippen molar-refractivity contribution in [2.45, 2.75) is 52.1 Å².